The maximum atomic E-state index is 13.2. The summed E-state index contributed by atoms with van der Waals surface area (Å²) in [4.78, 5) is 27.8. The van der Waals surface area contributed by atoms with Gasteiger partial charge in [-0.3, -0.25) is 4.79 Å². The van der Waals surface area contributed by atoms with Crippen molar-refractivity contribution in [1.82, 2.24) is 14.7 Å². The summed E-state index contributed by atoms with van der Waals surface area (Å²) in [5.74, 6) is 1.30. The van der Waals surface area contributed by atoms with Gasteiger partial charge in [-0.2, -0.15) is 5.10 Å². The lowest BCUT2D eigenvalue weighted by Gasteiger charge is -2.26. The standard InChI is InChI=1S/C28H37N5O4/c1-18(2)32(27(35)29-20-13-22(36-7)15-23(14-20)37-8)17-26(34)30-25-16-24(28(4,5)6)31-33(25)21-11-9-19(3)10-12-21/h9-16,18H,17H2,1-8H3,(H,29,35)(H,30,34). The summed E-state index contributed by atoms with van der Waals surface area (Å²) >= 11 is 0. The van der Waals surface area contributed by atoms with E-state index >= 15 is 0 Å². The molecule has 3 rings (SSSR count). The molecule has 198 valence electrons. The lowest BCUT2D eigenvalue weighted by Crippen LogP contribution is -2.44. The van der Waals surface area contributed by atoms with Crippen LogP contribution in [-0.2, 0) is 10.2 Å². The number of carbonyl (C=O) groups excluding carboxylic acids is 2. The van der Waals surface area contributed by atoms with E-state index < -0.39 is 6.03 Å². The Labute approximate surface area is 218 Å². The van der Waals surface area contributed by atoms with Gasteiger partial charge in [-0.1, -0.05) is 38.5 Å². The van der Waals surface area contributed by atoms with Crippen molar-refractivity contribution >= 4 is 23.4 Å². The van der Waals surface area contributed by atoms with Gasteiger partial charge >= 0.3 is 6.03 Å². The minimum Gasteiger partial charge on any atom is -0.497 e. The highest BCUT2D eigenvalue weighted by atomic mass is 16.5. The number of benzene rings is 2. The zero-order chi connectivity index (χ0) is 27.3. The highest BCUT2D eigenvalue weighted by molar-refractivity contribution is 5.97. The van der Waals surface area contributed by atoms with Crippen LogP contribution in [0.15, 0.2) is 48.5 Å². The fourth-order valence-electron chi connectivity index (χ4n) is 3.62. The van der Waals surface area contributed by atoms with E-state index in [1.807, 2.05) is 51.1 Å². The Morgan fingerprint density at radius 3 is 2.08 bits per heavy atom. The van der Waals surface area contributed by atoms with Crippen LogP contribution in [0, 0.1) is 6.92 Å². The molecule has 0 saturated carbocycles. The topological polar surface area (TPSA) is 97.7 Å². The Morgan fingerprint density at radius 2 is 1.57 bits per heavy atom. The van der Waals surface area contributed by atoms with Crippen molar-refractivity contribution in [3.8, 4) is 17.2 Å². The van der Waals surface area contributed by atoms with E-state index in [9.17, 15) is 9.59 Å². The number of aryl methyl sites for hydroxylation is 1. The summed E-state index contributed by atoms with van der Waals surface area (Å²) < 4.78 is 12.3. The molecule has 0 fully saturated rings. The number of anilines is 2. The zero-order valence-corrected chi connectivity index (χ0v) is 22.9. The van der Waals surface area contributed by atoms with Crippen molar-refractivity contribution in [2.24, 2.45) is 0 Å². The second-order valence-electron chi connectivity index (χ2n) is 10.2. The van der Waals surface area contributed by atoms with Crippen molar-refractivity contribution in [2.75, 3.05) is 31.4 Å². The van der Waals surface area contributed by atoms with Gasteiger partial charge < -0.3 is 25.0 Å². The molecule has 37 heavy (non-hydrogen) atoms. The summed E-state index contributed by atoms with van der Waals surface area (Å²) in [7, 11) is 3.08. The van der Waals surface area contributed by atoms with Crippen LogP contribution in [0.5, 0.6) is 11.5 Å². The van der Waals surface area contributed by atoms with E-state index in [1.54, 1.807) is 22.9 Å². The molecular formula is C28H37N5O4. The van der Waals surface area contributed by atoms with Crippen LogP contribution >= 0.6 is 0 Å². The third-order valence-electron chi connectivity index (χ3n) is 5.82. The second kappa shape index (κ2) is 11.4. The number of hydrogen-bond acceptors (Lipinski definition) is 5. The number of urea groups is 1. The average molecular weight is 508 g/mol. The fourth-order valence-corrected chi connectivity index (χ4v) is 3.62. The van der Waals surface area contributed by atoms with Gasteiger partial charge in [0.05, 0.1) is 25.6 Å². The monoisotopic (exact) mass is 507 g/mol. The van der Waals surface area contributed by atoms with Gasteiger partial charge in [0, 0.05) is 41.4 Å². The first kappa shape index (κ1) is 27.6. The molecule has 2 N–H and O–H groups in total. The Balaban J connectivity index is 1.81. The van der Waals surface area contributed by atoms with Gasteiger partial charge in [0.2, 0.25) is 5.91 Å². The maximum Gasteiger partial charge on any atom is 0.322 e. The number of amides is 3. The maximum absolute atomic E-state index is 13.2. The largest absolute Gasteiger partial charge is 0.497 e. The number of carbonyl (C=O) groups is 2. The second-order valence-corrected chi connectivity index (χ2v) is 10.2. The number of methoxy groups -OCH3 is 2. The summed E-state index contributed by atoms with van der Waals surface area (Å²) in [5.41, 5.74) is 3.09. The van der Waals surface area contributed by atoms with Crippen molar-refractivity contribution < 1.29 is 19.1 Å². The highest BCUT2D eigenvalue weighted by Crippen LogP contribution is 2.27. The number of nitrogens with zero attached hydrogens (tertiary/aromatic N) is 3. The van der Waals surface area contributed by atoms with E-state index in [0.717, 1.165) is 16.9 Å². The van der Waals surface area contributed by atoms with Gasteiger partial charge in [0.15, 0.2) is 0 Å². The normalized spacial score (nSPS) is 11.3. The van der Waals surface area contributed by atoms with Crippen LogP contribution in [0.1, 0.15) is 45.9 Å². The van der Waals surface area contributed by atoms with Gasteiger partial charge in [-0.25, -0.2) is 9.48 Å². The number of ether oxygens (including phenoxy) is 2. The summed E-state index contributed by atoms with van der Waals surface area (Å²) in [6, 6.07) is 14.2. The Morgan fingerprint density at radius 1 is 0.973 bits per heavy atom. The van der Waals surface area contributed by atoms with Crippen LogP contribution in [0.2, 0.25) is 0 Å². The Hall–Kier alpha value is -4.01. The first-order chi connectivity index (χ1) is 17.4. The van der Waals surface area contributed by atoms with Crippen LogP contribution in [0.3, 0.4) is 0 Å². The molecule has 0 aliphatic rings. The van der Waals surface area contributed by atoms with Gasteiger partial charge in [0.25, 0.3) is 0 Å². The molecule has 0 spiro atoms. The molecule has 0 saturated heterocycles. The number of hydrogen-bond donors (Lipinski definition) is 2. The van der Waals surface area contributed by atoms with Crippen LogP contribution < -0.4 is 20.1 Å². The zero-order valence-electron chi connectivity index (χ0n) is 22.9. The molecule has 0 aliphatic carbocycles. The number of rotatable bonds is 8. The summed E-state index contributed by atoms with van der Waals surface area (Å²) in [6.07, 6.45) is 0. The van der Waals surface area contributed by atoms with Crippen LogP contribution in [0.4, 0.5) is 16.3 Å². The minimum absolute atomic E-state index is 0.144. The van der Waals surface area contributed by atoms with E-state index in [1.165, 1.54) is 19.1 Å². The van der Waals surface area contributed by atoms with E-state index in [0.29, 0.717) is 23.0 Å². The molecular weight excluding hydrogens is 470 g/mol. The Kier molecular flexibility index (Phi) is 8.47. The molecule has 1 heterocycles. The van der Waals surface area contributed by atoms with Crippen molar-refractivity contribution in [3.63, 3.8) is 0 Å². The quantitative estimate of drug-likeness (QED) is 0.427. The number of aromatic nitrogens is 2. The number of nitrogens with one attached hydrogen (secondary N) is 2. The molecule has 3 aromatic rings. The highest BCUT2D eigenvalue weighted by Gasteiger charge is 2.24. The molecule has 0 unspecified atom stereocenters. The SMILES string of the molecule is COc1cc(NC(=O)N(CC(=O)Nc2cc(C(C)(C)C)nn2-c2ccc(C)cc2)C(C)C)cc(OC)c1. The molecule has 9 heteroatoms. The predicted octanol–water partition coefficient (Wildman–Crippen LogP) is 5.38. The van der Waals surface area contributed by atoms with Crippen molar-refractivity contribution in [2.45, 2.75) is 53.0 Å². The lowest BCUT2D eigenvalue weighted by atomic mass is 9.92. The predicted molar refractivity (Wildman–Crippen MR) is 146 cm³/mol. The van der Waals surface area contributed by atoms with Gasteiger partial charge in [0.1, 0.15) is 23.9 Å². The molecule has 9 nitrogen and oxygen atoms in total. The van der Waals surface area contributed by atoms with Crippen molar-refractivity contribution in [1.29, 1.82) is 0 Å². The smallest absolute Gasteiger partial charge is 0.322 e. The fraction of sp³-hybridized carbons (Fsp3) is 0.393. The van der Waals surface area contributed by atoms with E-state index in [2.05, 4.69) is 31.4 Å². The Bertz CT molecular complexity index is 1220. The molecule has 1 aromatic heterocycles. The molecule has 0 bridgehead atoms. The third kappa shape index (κ3) is 7.03. The summed E-state index contributed by atoms with van der Waals surface area (Å²) in [6.45, 7) is 11.8. The molecule has 0 aliphatic heterocycles. The molecule has 0 radical (unpaired) electrons. The molecule has 2 aromatic carbocycles. The first-order valence-corrected chi connectivity index (χ1v) is 12.2. The molecule has 3 amide bonds. The minimum atomic E-state index is -0.414. The van der Waals surface area contributed by atoms with Crippen LogP contribution in [0.25, 0.3) is 5.69 Å². The molecule has 0 atom stereocenters. The average Bonchev–Trinajstić information content (AvgIpc) is 3.26. The van der Waals surface area contributed by atoms with Crippen LogP contribution in [-0.4, -0.2) is 53.4 Å². The van der Waals surface area contributed by atoms with Gasteiger partial charge in [-0.15, -0.1) is 0 Å². The third-order valence-corrected chi connectivity index (χ3v) is 5.82. The first-order valence-electron chi connectivity index (χ1n) is 12.2. The van der Waals surface area contributed by atoms with Crippen molar-refractivity contribution in [3.05, 3.63) is 59.8 Å². The summed E-state index contributed by atoms with van der Waals surface area (Å²) in [5, 5.41) is 10.6. The van der Waals surface area contributed by atoms with E-state index in [-0.39, 0.29) is 23.9 Å². The van der Waals surface area contributed by atoms with Gasteiger partial charge in [-0.05, 0) is 32.9 Å². The lowest BCUT2D eigenvalue weighted by molar-refractivity contribution is -0.117. The van der Waals surface area contributed by atoms with E-state index in [4.69, 9.17) is 14.6 Å².